The Hall–Kier alpha value is -1.51. The minimum absolute atomic E-state index is 0.317. The highest BCUT2D eigenvalue weighted by Gasteiger charge is 2.49. The fourth-order valence-corrected chi connectivity index (χ4v) is 5.55. The molecular formula is C17H20N2O. The van der Waals surface area contributed by atoms with E-state index < -0.39 is 0 Å². The van der Waals surface area contributed by atoms with Gasteiger partial charge in [0.15, 0.2) is 0 Å². The average Bonchev–Trinajstić information content (AvgIpc) is 2.79. The second kappa shape index (κ2) is 3.78. The van der Waals surface area contributed by atoms with Gasteiger partial charge in [-0.15, -0.1) is 0 Å². The molecule has 1 aromatic heterocycles. The van der Waals surface area contributed by atoms with Crippen molar-refractivity contribution in [3.05, 3.63) is 24.0 Å². The number of phenolic OH excluding ortho intramolecular Hbond substituents is 1. The summed E-state index contributed by atoms with van der Waals surface area (Å²) in [5.41, 5.74) is 1.97. The molecule has 4 fully saturated rings. The quantitative estimate of drug-likeness (QED) is 0.826. The number of nitrogens with one attached hydrogen (secondary N) is 1. The zero-order chi connectivity index (χ0) is 13.3. The molecule has 0 saturated heterocycles. The number of aromatic amines is 1. The summed E-state index contributed by atoms with van der Waals surface area (Å²) in [5.74, 6) is 5.83. The van der Waals surface area contributed by atoms with Crippen LogP contribution >= 0.6 is 0 Å². The van der Waals surface area contributed by atoms with Crippen molar-refractivity contribution in [2.24, 2.45) is 23.7 Å². The van der Waals surface area contributed by atoms with Crippen LogP contribution in [0.25, 0.3) is 11.0 Å². The molecule has 4 bridgehead atoms. The highest BCUT2D eigenvalue weighted by Crippen LogP contribution is 2.59. The third-order valence-corrected chi connectivity index (χ3v) is 6.03. The van der Waals surface area contributed by atoms with Crippen LogP contribution in [-0.2, 0) is 0 Å². The predicted octanol–water partition coefficient (Wildman–Crippen LogP) is 3.81. The number of aromatic hydroxyl groups is 1. The first kappa shape index (κ1) is 11.2. The van der Waals surface area contributed by atoms with Crippen LogP contribution in [0.3, 0.4) is 0 Å². The lowest BCUT2D eigenvalue weighted by Crippen LogP contribution is -2.44. The fourth-order valence-electron chi connectivity index (χ4n) is 5.55. The molecule has 4 aliphatic carbocycles. The number of nitrogens with zero attached hydrogens (tertiary/aromatic N) is 1. The minimum atomic E-state index is 0.317. The Bertz CT molecular complexity index is 647. The van der Waals surface area contributed by atoms with Gasteiger partial charge in [0.25, 0.3) is 0 Å². The van der Waals surface area contributed by atoms with Gasteiger partial charge < -0.3 is 10.1 Å². The number of aromatic nitrogens is 2. The molecule has 6 rings (SSSR count). The molecule has 20 heavy (non-hydrogen) atoms. The van der Waals surface area contributed by atoms with Gasteiger partial charge in [-0.2, -0.15) is 0 Å². The number of benzene rings is 1. The number of fused-ring (bicyclic) bond motifs is 1. The van der Waals surface area contributed by atoms with Crippen molar-refractivity contribution in [3.63, 3.8) is 0 Å². The van der Waals surface area contributed by atoms with Crippen molar-refractivity contribution in [1.29, 1.82) is 0 Å². The van der Waals surface area contributed by atoms with Crippen LogP contribution in [0.5, 0.6) is 5.75 Å². The lowest BCUT2D eigenvalue weighted by Gasteiger charge is -2.53. The normalized spacial score (nSPS) is 38.7. The van der Waals surface area contributed by atoms with E-state index in [1.807, 2.05) is 6.07 Å². The van der Waals surface area contributed by atoms with Crippen molar-refractivity contribution in [2.45, 2.75) is 38.0 Å². The Labute approximate surface area is 118 Å². The van der Waals surface area contributed by atoms with Crippen LogP contribution in [0.2, 0.25) is 0 Å². The number of imidazole rings is 1. The molecule has 0 radical (unpaired) electrons. The van der Waals surface area contributed by atoms with Gasteiger partial charge in [-0.25, -0.2) is 4.98 Å². The molecule has 0 amide bonds. The van der Waals surface area contributed by atoms with Crippen molar-refractivity contribution in [1.82, 2.24) is 9.97 Å². The standard InChI is InChI=1S/C17H20N2O/c20-13-1-2-14-15(8-13)19-17(18-14)16-11-4-9-3-10(6-11)7-12(16)5-9/h1-2,8-12,16,20H,3-7H2,(H,18,19). The molecule has 1 heterocycles. The van der Waals surface area contributed by atoms with Gasteiger partial charge in [-0.3, -0.25) is 0 Å². The first-order chi connectivity index (χ1) is 9.76. The molecule has 3 nitrogen and oxygen atoms in total. The summed E-state index contributed by atoms with van der Waals surface area (Å²) < 4.78 is 0. The Kier molecular flexibility index (Phi) is 2.11. The highest BCUT2D eigenvalue weighted by molar-refractivity contribution is 5.76. The molecule has 104 valence electrons. The third kappa shape index (κ3) is 1.49. The molecule has 3 heteroatoms. The van der Waals surface area contributed by atoms with Crippen LogP contribution < -0.4 is 0 Å². The van der Waals surface area contributed by atoms with Gasteiger partial charge in [-0.1, -0.05) is 0 Å². The second-order valence-corrected chi connectivity index (χ2v) is 7.28. The molecule has 0 unspecified atom stereocenters. The van der Waals surface area contributed by atoms with E-state index in [9.17, 15) is 5.11 Å². The second-order valence-electron chi connectivity index (χ2n) is 7.28. The van der Waals surface area contributed by atoms with Gasteiger partial charge >= 0.3 is 0 Å². The lowest BCUT2D eigenvalue weighted by atomic mass is 9.52. The van der Waals surface area contributed by atoms with E-state index in [-0.39, 0.29) is 0 Å². The summed E-state index contributed by atoms with van der Waals surface area (Å²) >= 11 is 0. The summed E-state index contributed by atoms with van der Waals surface area (Å²) in [6.07, 6.45) is 7.16. The number of hydrogen-bond acceptors (Lipinski definition) is 2. The van der Waals surface area contributed by atoms with Gasteiger partial charge in [0.05, 0.1) is 11.0 Å². The molecule has 1 aromatic carbocycles. The monoisotopic (exact) mass is 268 g/mol. The van der Waals surface area contributed by atoms with E-state index >= 15 is 0 Å². The predicted molar refractivity (Wildman–Crippen MR) is 77.5 cm³/mol. The Morgan fingerprint density at radius 3 is 2.40 bits per heavy atom. The highest BCUT2D eigenvalue weighted by atomic mass is 16.3. The zero-order valence-corrected chi connectivity index (χ0v) is 11.5. The number of hydrogen-bond donors (Lipinski definition) is 2. The molecule has 2 N–H and O–H groups in total. The molecule has 0 spiro atoms. The topological polar surface area (TPSA) is 48.9 Å². The van der Waals surface area contributed by atoms with E-state index in [1.165, 1.54) is 37.9 Å². The van der Waals surface area contributed by atoms with Crippen LogP contribution in [0, 0.1) is 23.7 Å². The van der Waals surface area contributed by atoms with Crippen molar-refractivity contribution >= 4 is 11.0 Å². The van der Waals surface area contributed by atoms with E-state index in [4.69, 9.17) is 4.98 Å². The zero-order valence-electron chi connectivity index (χ0n) is 11.5. The van der Waals surface area contributed by atoms with E-state index in [2.05, 4.69) is 4.98 Å². The molecule has 2 aromatic rings. The molecule has 0 atom stereocenters. The van der Waals surface area contributed by atoms with Gasteiger partial charge in [-0.05, 0) is 67.9 Å². The Balaban J connectivity index is 1.57. The number of phenols is 1. The molecular weight excluding hydrogens is 248 g/mol. The molecule has 4 aliphatic rings. The van der Waals surface area contributed by atoms with Crippen molar-refractivity contribution in [2.75, 3.05) is 0 Å². The average molecular weight is 268 g/mol. The molecule has 4 saturated carbocycles. The Morgan fingerprint density at radius 1 is 1.00 bits per heavy atom. The summed E-state index contributed by atoms with van der Waals surface area (Å²) in [7, 11) is 0. The lowest BCUT2D eigenvalue weighted by molar-refractivity contribution is -0.00528. The maximum Gasteiger partial charge on any atom is 0.117 e. The minimum Gasteiger partial charge on any atom is -0.508 e. The third-order valence-electron chi connectivity index (χ3n) is 6.03. The van der Waals surface area contributed by atoms with Gasteiger partial charge in [0.1, 0.15) is 11.6 Å². The van der Waals surface area contributed by atoms with E-state index in [1.54, 1.807) is 12.1 Å². The number of rotatable bonds is 1. The van der Waals surface area contributed by atoms with Crippen LogP contribution in [0.4, 0.5) is 0 Å². The maximum atomic E-state index is 9.60. The fraction of sp³-hybridized carbons (Fsp3) is 0.588. The summed E-state index contributed by atoms with van der Waals surface area (Å²) in [6.45, 7) is 0. The Morgan fingerprint density at radius 2 is 1.70 bits per heavy atom. The smallest absolute Gasteiger partial charge is 0.117 e. The van der Waals surface area contributed by atoms with Crippen molar-refractivity contribution < 1.29 is 5.11 Å². The largest absolute Gasteiger partial charge is 0.508 e. The van der Waals surface area contributed by atoms with Crippen LogP contribution in [-0.4, -0.2) is 15.1 Å². The summed E-state index contributed by atoms with van der Waals surface area (Å²) in [5, 5.41) is 9.60. The summed E-state index contributed by atoms with van der Waals surface area (Å²) in [4.78, 5) is 8.33. The van der Waals surface area contributed by atoms with Crippen LogP contribution in [0.1, 0.15) is 43.8 Å². The number of H-pyrrole nitrogens is 1. The van der Waals surface area contributed by atoms with Gasteiger partial charge in [0.2, 0.25) is 0 Å². The van der Waals surface area contributed by atoms with E-state index in [0.717, 1.165) is 34.7 Å². The molecule has 0 aliphatic heterocycles. The first-order valence-corrected chi connectivity index (χ1v) is 7.95. The van der Waals surface area contributed by atoms with Gasteiger partial charge in [0, 0.05) is 12.0 Å². The summed E-state index contributed by atoms with van der Waals surface area (Å²) in [6, 6.07) is 5.44. The first-order valence-electron chi connectivity index (χ1n) is 7.95. The van der Waals surface area contributed by atoms with Crippen molar-refractivity contribution in [3.8, 4) is 5.75 Å². The maximum absolute atomic E-state index is 9.60. The van der Waals surface area contributed by atoms with Crippen LogP contribution in [0.15, 0.2) is 18.2 Å². The van der Waals surface area contributed by atoms with E-state index in [0.29, 0.717) is 11.7 Å². The SMILES string of the molecule is Oc1ccc2nc(C3C4CC5CC(C4)CC3C5)[nH]c2c1.